The second kappa shape index (κ2) is 19.1. The predicted molar refractivity (Wildman–Crippen MR) is 152 cm³/mol. The number of unbranched alkanes of at least 4 members (excludes halogenated alkanes) is 6. The first-order valence-electron chi connectivity index (χ1n) is 15.3. The van der Waals surface area contributed by atoms with Gasteiger partial charge in [-0.3, -0.25) is 28.8 Å². The highest BCUT2D eigenvalue weighted by Crippen LogP contribution is 2.50. The molecule has 0 bridgehead atoms. The van der Waals surface area contributed by atoms with Gasteiger partial charge >= 0.3 is 0 Å². The average molecular weight is 535 g/mol. The zero-order valence-electron chi connectivity index (χ0n) is 25.2. The minimum absolute atomic E-state index is 0.114. The highest BCUT2D eigenvalue weighted by atomic mass is 16.2. The fourth-order valence-electron chi connectivity index (χ4n) is 5.34. The maximum absolute atomic E-state index is 14.3. The molecule has 0 heterocycles. The molecule has 0 aliphatic heterocycles. The smallest absolute Gasteiger partial charge is 0.172 e. The lowest BCUT2D eigenvalue weighted by Crippen LogP contribution is -2.68. The van der Waals surface area contributed by atoms with Crippen molar-refractivity contribution in [2.45, 2.75) is 157 Å². The van der Waals surface area contributed by atoms with Crippen LogP contribution < -0.4 is 0 Å². The van der Waals surface area contributed by atoms with Crippen LogP contribution in [0.1, 0.15) is 157 Å². The number of carbonyl (C=O) groups excluding carboxylic acids is 6. The molecule has 0 saturated heterocycles. The van der Waals surface area contributed by atoms with E-state index < -0.39 is 45.5 Å². The van der Waals surface area contributed by atoms with E-state index in [-0.39, 0.29) is 38.5 Å². The van der Waals surface area contributed by atoms with Gasteiger partial charge in [-0.25, -0.2) is 0 Å². The van der Waals surface area contributed by atoms with Crippen LogP contribution in [-0.2, 0) is 28.8 Å². The van der Waals surface area contributed by atoms with E-state index in [2.05, 4.69) is 0 Å². The molecule has 0 aliphatic carbocycles. The van der Waals surface area contributed by atoms with Crippen molar-refractivity contribution in [3.63, 3.8) is 0 Å². The second-order valence-electron chi connectivity index (χ2n) is 10.7. The number of Topliss-reactive ketones (excluding diaryl/α,β-unsaturated/α-hetero) is 6. The van der Waals surface area contributed by atoms with E-state index in [0.717, 1.165) is 0 Å². The maximum atomic E-state index is 14.3. The number of carbonyl (C=O) groups is 6. The van der Waals surface area contributed by atoms with Crippen molar-refractivity contribution in [1.82, 2.24) is 0 Å². The Morgan fingerprint density at radius 3 is 0.553 bits per heavy atom. The molecule has 0 aromatic heterocycles. The van der Waals surface area contributed by atoms with E-state index in [4.69, 9.17) is 0 Å². The molecule has 218 valence electrons. The first-order valence-corrected chi connectivity index (χ1v) is 15.3. The zero-order valence-corrected chi connectivity index (χ0v) is 25.2. The summed E-state index contributed by atoms with van der Waals surface area (Å²) in [6, 6.07) is 0. The Bertz CT molecular complexity index is 627. The monoisotopic (exact) mass is 534 g/mol. The molecule has 0 N–H and O–H groups in total. The van der Waals surface area contributed by atoms with Crippen LogP contribution in [0.25, 0.3) is 0 Å². The molecule has 0 rings (SSSR count). The summed E-state index contributed by atoms with van der Waals surface area (Å²) in [7, 11) is 0. The third-order valence-electron chi connectivity index (χ3n) is 7.62. The summed E-state index contributed by atoms with van der Waals surface area (Å²) in [6.45, 7) is 11.4. The molecule has 0 aliphatic rings. The Morgan fingerprint density at radius 1 is 0.316 bits per heavy atom. The van der Waals surface area contributed by atoms with E-state index in [9.17, 15) is 28.8 Å². The Labute approximate surface area is 231 Å². The van der Waals surface area contributed by atoms with Crippen LogP contribution in [0.4, 0.5) is 0 Å². The molecular weight excluding hydrogens is 480 g/mol. The van der Waals surface area contributed by atoms with Gasteiger partial charge < -0.3 is 0 Å². The topological polar surface area (TPSA) is 102 Å². The number of rotatable bonds is 25. The van der Waals surface area contributed by atoms with Crippen LogP contribution in [0.2, 0.25) is 0 Å². The third-order valence-corrected chi connectivity index (χ3v) is 7.62. The van der Waals surface area contributed by atoms with Crippen molar-refractivity contribution in [3.05, 3.63) is 0 Å². The van der Waals surface area contributed by atoms with Gasteiger partial charge in [0.25, 0.3) is 0 Å². The molecule has 0 amide bonds. The van der Waals surface area contributed by atoms with E-state index in [1.807, 2.05) is 41.5 Å². The van der Waals surface area contributed by atoms with Crippen molar-refractivity contribution in [2.24, 2.45) is 10.8 Å². The largest absolute Gasteiger partial charge is 0.298 e. The van der Waals surface area contributed by atoms with Gasteiger partial charge in [-0.15, -0.1) is 0 Å². The lowest BCUT2D eigenvalue weighted by atomic mass is 9.48. The van der Waals surface area contributed by atoms with Gasteiger partial charge in [-0.2, -0.15) is 0 Å². The lowest BCUT2D eigenvalue weighted by Gasteiger charge is -2.45. The van der Waals surface area contributed by atoms with Gasteiger partial charge in [0.05, 0.1) is 0 Å². The molecule has 0 atom stereocenters. The highest BCUT2D eigenvalue weighted by molar-refractivity contribution is 6.39. The molecule has 0 saturated carbocycles. The van der Waals surface area contributed by atoms with Crippen molar-refractivity contribution in [3.8, 4) is 0 Å². The SMILES string of the molecule is CCCCC(=O)C(C(=O)CCCC)(C(=O)CCCC)C(C(=O)CCCC)(C(=O)CCCC)C(=O)CCCC. The van der Waals surface area contributed by atoms with Gasteiger partial charge in [-0.1, -0.05) is 80.1 Å². The first kappa shape index (κ1) is 36.0. The molecule has 38 heavy (non-hydrogen) atoms. The van der Waals surface area contributed by atoms with Crippen LogP contribution >= 0.6 is 0 Å². The van der Waals surface area contributed by atoms with E-state index in [1.54, 1.807) is 0 Å². The Hall–Kier alpha value is -1.98. The summed E-state index contributed by atoms with van der Waals surface area (Å²) in [4.78, 5) is 85.9. The third kappa shape index (κ3) is 8.26. The minimum Gasteiger partial charge on any atom is -0.298 e. The van der Waals surface area contributed by atoms with E-state index in [1.165, 1.54) is 0 Å². The standard InChI is InChI=1S/C32H54O6/c1-7-13-19-25(33)31(26(34)20-14-8-2,27(35)21-15-9-3)32(28(36)22-16-10-4,29(37)23-17-11-5)30(38)24-18-12-6/h7-24H2,1-6H3. The molecule has 0 aromatic carbocycles. The number of hydrogen-bond donors (Lipinski definition) is 0. The van der Waals surface area contributed by atoms with Gasteiger partial charge in [-0.05, 0) is 38.5 Å². The molecule has 6 heteroatoms. The quantitative estimate of drug-likeness (QED) is 0.112. The normalized spacial score (nSPS) is 11.8. The predicted octanol–water partition coefficient (Wildman–Crippen LogP) is 7.52. The molecule has 0 spiro atoms. The molecular formula is C32H54O6. The Kier molecular flexibility index (Phi) is 18.1. The summed E-state index contributed by atoms with van der Waals surface area (Å²) >= 11 is 0. The van der Waals surface area contributed by atoms with Crippen LogP contribution in [-0.4, -0.2) is 34.7 Å². The van der Waals surface area contributed by atoms with Crippen molar-refractivity contribution >= 4 is 34.7 Å². The van der Waals surface area contributed by atoms with Gasteiger partial charge in [0.1, 0.15) is 0 Å². The fraction of sp³-hybridized carbons (Fsp3) is 0.812. The summed E-state index contributed by atoms with van der Waals surface area (Å²) < 4.78 is 0. The highest BCUT2D eigenvalue weighted by Gasteiger charge is 2.72. The van der Waals surface area contributed by atoms with Gasteiger partial charge in [0, 0.05) is 38.5 Å². The summed E-state index contributed by atoms with van der Waals surface area (Å²) in [5.41, 5.74) is -5.13. The van der Waals surface area contributed by atoms with Crippen LogP contribution in [0, 0.1) is 10.8 Å². The van der Waals surface area contributed by atoms with Crippen LogP contribution in [0.15, 0.2) is 0 Å². The van der Waals surface area contributed by atoms with Crippen LogP contribution in [0.5, 0.6) is 0 Å². The number of ketones is 6. The fourth-order valence-corrected chi connectivity index (χ4v) is 5.34. The van der Waals surface area contributed by atoms with Gasteiger partial charge in [0.15, 0.2) is 45.5 Å². The molecule has 6 nitrogen and oxygen atoms in total. The zero-order chi connectivity index (χ0) is 29.2. The summed E-state index contributed by atoms with van der Waals surface area (Å²) in [5.74, 6) is -4.24. The Morgan fingerprint density at radius 2 is 0.447 bits per heavy atom. The maximum Gasteiger partial charge on any atom is 0.172 e. The van der Waals surface area contributed by atoms with Crippen LogP contribution in [0.3, 0.4) is 0 Å². The molecule has 0 radical (unpaired) electrons. The second-order valence-corrected chi connectivity index (χ2v) is 10.7. The van der Waals surface area contributed by atoms with Crippen molar-refractivity contribution < 1.29 is 28.8 Å². The molecule has 0 unspecified atom stereocenters. The average Bonchev–Trinajstić information content (AvgIpc) is 2.91. The van der Waals surface area contributed by atoms with Crippen molar-refractivity contribution in [2.75, 3.05) is 0 Å². The first-order chi connectivity index (χ1) is 18.1. The molecule has 0 fully saturated rings. The van der Waals surface area contributed by atoms with Gasteiger partial charge in [0.2, 0.25) is 0 Å². The minimum atomic E-state index is -2.56. The van der Waals surface area contributed by atoms with E-state index in [0.29, 0.717) is 77.0 Å². The van der Waals surface area contributed by atoms with E-state index >= 15 is 0 Å². The molecule has 0 aromatic rings. The summed E-state index contributed by atoms with van der Waals surface area (Å²) in [5, 5.41) is 0. The number of hydrogen-bond acceptors (Lipinski definition) is 6. The lowest BCUT2D eigenvalue weighted by molar-refractivity contribution is -0.175. The van der Waals surface area contributed by atoms with Crippen molar-refractivity contribution in [1.29, 1.82) is 0 Å². The Balaban J connectivity index is 7.91. The summed E-state index contributed by atoms with van der Waals surface area (Å²) in [6.07, 6.45) is 5.61.